The fraction of sp³-hybridized carbons (Fsp3) is 0.296. The zero-order valence-electron chi connectivity index (χ0n) is 20.3. The third-order valence-corrected chi connectivity index (χ3v) is 6.92. The number of nitrogens with one attached hydrogen (secondary N) is 1. The summed E-state index contributed by atoms with van der Waals surface area (Å²) in [5, 5.41) is 6.05. The maximum atomic E-state index is 13.1. The van der Waals surface area contributed by atoms with Crippen LogP contribution in [0.25, 0.3) is 22.0 Å². The van der Waals surface area contributed by atoms with E-state index in [1.165, 1.54) is 0 Å². The molecule has 0 aliphatic rings. The van der Waals surface area contributed by atoms with E-state index in [0.717, 1.165) is 51.1 Å². The number of pyridine rings is 1. The molecular weight excluding hydrogens is 444 g/mol. The van der Waals surface area contributed by atoms with Gasteiger partial charge in [0.25, 0.3) is 5.91 Å². The van der Waals surface area contributed by atoms with Gasteiger partial charge in [-0.25, -0.2) is 4.98 Å². The third kappa shape index (κ3) is 5.04. The summed E-state index contributed by atoms with van der Waals surface area (Å²) in [6.45, 7) is 8.67. The predicted molar refractivity (Wildman–Crippen MR) is 138 cm³/mol. The molecule has 7 heteroatoms. The molecule has 6 nitrogen and oxygen atoms in total. The Morgan fingerprint density at radius 2 is 1.94 bits per heavy atom. The van der Waals surface area contributed by atoms with Crippen molar-refractivity contribution in [1.29, 1.82) is 0 Å². The largest absolute Gasteiger partial charge is 0.497 e. The third-order valence-electron chi connectivity index (χ3n) is 6.03. The molecule has 34 heavy (non-hydrogen) atoms. The molecule has 0 bridgehead atoms. The zero-order valence-corrected chi connectivity index (χ0v) is 21.1. The van der Waals surface area contributed by atoms with Crippen LogP contribution in [0.15, 0.2) is 54.0 Å². The van der Waals surface area contributed by atoms with Crippen molar-refractivity contribution in [1.82, 2.24) is 19.9 Å². The summed E-state index contributed by atoms with van der Waals surface area (Å²) in [5.74, 6) is 0.762. The lowest BCUT2D eigenvalue weighted by Crippen LogP contribution is -2.32. The van der Waals surface area contributed by atoms with E-state index < -0.39 is 0 Å². The number of benzene rings is 1. The Morgan fingerprint density at radius 1 is 1.18 bits per heavy atom. The van der Waals surface area contributed by atoms with Crippen molar-refractivity contribution in [3.05, 3.63) is 76.6 Å². The van der Waals surface area contributed by atoms with Crippen LogP contribution in [-0.4, -0.2) is 33.6 Å². The van der Waals surface area contributed by atoms with Gasteiger partial charge in [0.2, 0.25) is 0 Å². The van der Waals surface area contributed by atoms with E-state index in [0.29, 0.717) is 12.1 Å². The Labute approximate surface area is 204 Å². The smallest absolute Gasteiger partial charge is 0.253 e. The van der Waals surface area contributed by atoms with Gasteiger partial charge in [0.1, 0.15) is 10.8 Å². The van der Waals surface area contributed by atoms with Gasteiger partial charge in [-0.05, 0) is 63.1 Å². The Balaban J connectivity index is 1.74. The van der Waals surface area contributed by atoms with Crippen molar-refractivity contribution in [2.45, 2.75) is 46.7 Å². The molecule has 1 unspecified atom stereocenters. The maximum absolute atomic E-state index is 13.1. The number of rotatable bonds is 8. The van der Waals surface area contributed by atoms with E-state index >= 15 is 0 Å². The topological polar surface area (TPSA) is 69.0 Å². The number of aromatic nitrogens is 3. The molecule has 3 heterocycles. The fourth-order valence-electron chi connectivity index (χ4n) is 3.73. The molecule has 1 atom stereocenters. The molecule has 4 aromatic rings. The van der Waals surface area contributed by atoms with Crippen LogP contribution in [0.1, 0.15) is 47.6 Å². The van der Waals surface area contributed by atoms with E-state index in [1.807, 2.05) is 74.8 Å². The zero-order chi connectivity index (χ0) is 24.2. The number of carbonyl (C=O) groups excluding carboxylic acids is 1. The van der Waals surface area contributed by atoms with Crippen molar-refractivity contribution >= 4 is 17.2 Å². The molecule has 0 aliphatic carbocycles. The lowest BCUT2D eigenvalue weighted by atomic mass is 10.2. The first kappa shape index (κ1) is 23.7. The molecule has 4 rings (SSSR count). The van der Waals surface area contributed by atoms with Crippen LogP contribution >= 0.6 is 11.3 Å². The first-order valence-corrected chi connectivity index (χ1v) is 12.3. The van der Waals surface area contributed by atoms with Crippen LogP contribution in [0.3, 0.4) is 0 Å². The van der Waals surface area contributed by atoms with Gasteiger partial charge in [-0.2, -0.15) is 0 Å². The Kier molecular flexibility index (Phi) is 7.12. The monoisotopic (exact) mass is 474 g/mol. The molecule has 3 aromatic heterocycles. The molecule has 0 radical (unpaired) electrons. The molecule has 0 spiro atoms. The van der Waals surface area contributed by atoms with Crippen LogP contribution < -0.4 is 10.1 Å². The molecule has 0 fully saturated rings. The second-order valence-corrected chi connectivity index (χ2v) is 9.33. The van der Waals surface area contributed by atoms with Gasteiger partial charge in [-0.3, -0.25) is 9.78 Å². The summed E-state index contributed by atoms with van der Waals surface area (Å²) in [6.07, 6.45) is 2.73. The van der Waals surface area contributed by atoms with E-state index in [4.69, 9.17) is 9.72 Å². The number of methoxy groups -OCH3 is 1. The number of carbonyl (C=O) groups is 1. The average molecular weight is 475 g/mol. The Bertz CT molecular complexity index is 1270. The number of hydrogen-bond donors (Lipinski definition) is 1. The van der Waals surface area contributed by atoms with Crippen molar-refractivity contribution in [3.63, 3.8) is 0 Å². The summed E-state index contributed by atoms with van der Waals surface area (Å²) in [6, 6.07) is 14.1. The molecule has 0 saturated heterocycles. The first-order chi connectivity index (χ1) is 16.4. The molecule has 0 aliphatic heterocycles. The highest BCUT2D eigenvalue weighted by molar-refractivity contribution is 7.13. The summed E-state index contributed by atoms with van der Waals surface area (Å²) in [5.41, 5.74) is 6.44. The Hall–Kier alpha value is -3.45. The Morgan fingerprint density at radius 3 is 2.59 bits per heavy atom. The highest BCUT2D eigenvalue weighted by atomic mass is 32.1. The molecule has 1 amide bonds. The molecular formula is C27H30N4O2S. The lowest BCUT2D eigenvalue weighted by molar-refractivity contribution is 0.0938. The number of aryl methyl sites for hydroxylation is 1. The summed E-state index contributed by atoms with van der Waals surface area (Å²) in [4.78, 5) is 22.4. The first-order valence-electron chi connectivity index (χ1n) is 11.4. The number of nitrogens with zero attached hydrogens (tertiary/aromatic N) is 3. The minimum atomic E-state index is -0.0558. The van der Waals surface area contributed by atoms with Gasteiger partial charge in [0.15, 0.2) is 0 Å². The van der Waals surface area contributed by atoms with Crippen molar-refractivity contribution in [3.8, 4) is 27.7 Å². The van der Waals surface area contributed by atoms with Crippen LogP contribution in [0, 0.1) is 13.8 Å². The van der Waals surface area contributed by atoms with Crippen molar-refractivity contribution in [2.24, 2.45) is 0 Å². The number of amides is 1. The van der Waals surface area contributed by atoms with Gasteiger partial charge < -0.3 is 14.6 Å². The lowest BCUT2D eigenvalue weighted by Gasteiger charge is -2.13. The molecule has 1 N–H and O–H groups in total. The van der Waals surface area contributed by atoms with Gasteiger partial charge >= 0.3 is 0 Å². The van der Waals surface area contributed by atoms with E-state index in [2.05, 4.69) is 21.8 Å². The van der Waals surface area contributed by atoms with Crippen molar-refractivity contribution < 1.29 is 9.53 Å². The van der Waals surface area contributed by atoms with Crippen LogP contribution in [-0.2, 0) is 6.54 Å². The minimum Gasteiger partial charge on any atom is -0.497 e. The summed E-state index contributed by atoms with van der Waals surface area (Å²) < 4.78 is 7.46. The van der Waals surface area contributed by atoms with Crippen LogP contribution in [0.5, 0.6) is 5.75 Å². The SMILES string of the molecule is CCC(C)NC(=O)c1cc(-c2csc(-c3ccc(C)nc3)n2)n(Cc2ccc(OC)cc2)c1C. The number of ether oxygens (including phenoxy) is 1. The second-order valence-electron chi connectivity index (χ2n) is 8.47. The molecule has 176 valence electrons. The fourth-order valence-corrected chi connectivity index (χ4v) is 4.53. The van der Waals surface area contributed by atoms with Crippen LogP contribution in [0.2, 0.25) is 0 Å². The van der Waals surface area contributed by atoms with E-state index in [-0.39, 0.29) is 11.9 Å². The minimum absolute atomic E-state index is 0.0558. The molecule has 0 saturated carbocycles. The number of hydrogen-bond acceptors (Lipinski definition) is 5. The predicted octanol–water partition coefficient (Wildman–Crippen LogP) is 5.88. The standard InChI is InChI=1S/C27H30N4O2S/c1-6-17(2)29-26(32)23-13-25(24-16-34-27(30-24)21-10-7-18(3)28-14-21)31(19(23)4)15-20-8-11-22(33-5)12-9-20/h7-14,16-17H,6,15H2,1-5H3,(H,29,32). The van der Waals surface area contributed by atoms with E-state index in [1.54, 1.807) is 18.4 Å². The quantitative estimate of drug-likeness (QED) is 0.346. The van der Waals surface area contributed by atoms with Gasteiger partial charge in [-0.15, -0.1) is 11.3 Å². The normalized spacial score (nSPS) is 11.9. The van der Waals surface area contributed by atoms with Gasteiger partial charge in [0.05, 0.1) is 24.1 Å². The van der Waals surface area contributed by atoms with Gasteiger partial charge in [0, 0.05) is 41.1 Å². The second kappa shape index (κ2) is 10.2. The molecule has 1 aromatic carbocycles. The summed E-state index contributed by atoms with van der Waals surface area (Å²) >= 11 is 1.58. The number of thiazole rings is 1. The highest BCUT2D eigenvalue weighted by Gasteiger charge is 2.21. The van der Waals surface area contributed by atoms with Crippen molar-refractivity contribution in [2.75, 3.05) is 7.11 Å². The van der Waals surface area contributed by atoms with E-state index in [9.17, 15) is 4.79 Å². The van der Waals surface area contributed by atoms with Gasteiger partial charge in [-0.1, -0.05) is 19.1 Å². The average Bonchev–Trinajstić information content (AvgIpc) is 3.45. The van der Waals surface area contributed by atoms with Crippen LogP contribution in [0.4, 0.5) is 0 Å². The summed E-state index contributed by atoms with van der Waals surface area (Å²) in [7, 11) is 1.66. The maximum Gasteiger partial charge on any atom is 0.253 e. The highest BCUT2D eigenvalue weighted by Crippen LogP contribution is 2.32.